The minimum absolute atomic E-state index is 0.114. The van der Waals surface area contributed by atoms with Crippen molar-refractivity contribution in [1.29, 1.82) is 0 Å². The first-order valence-corrected chi connectivity index (χ1v) is 12.8. The van der Waals surface area contributed by atoms with Crippen molar-refractivity contribution in [3.63, 3.8) is 0 Å². The van der Waals surface area contributed by atoms with Gasteiger partial charge in [0.15, 0.2) is 0 Å². The Balaban J connectivity index is 1.64. The number of allylic oxidation sites excluding steroid dienone is 2. The molecule has 1 saturated heterocycles. The largest absolute Gasteiger partial charge is 0.368 e. The molecule has 2 aliphatic rings. The molecule has 2 aromatic rings. The number of H-pyrrole nitrogens is 1. The van der Waals surface area contributed by atoms with Gasteiger partial charge in [0.05, 0.1) is 0 Å². The number of aromatic amines is 1. The van der Waals surface area contributed by atoms with Gasteiger partial charge in [-0.2, -0.15) is 0 Å². The minimum Gasteiger partial charge on any atom is -0.368 e. The fraction of sp³-hybridized carbons (Fsp3) is 0.500. The molecule has 0 unspecified atom stereocenters. The lowest BCUT2D eigenvalue weighted by Gasteiger charge is -2.42. The second-order valence-electron chi connectivity index (χ2n) is 9.80. The number of anilines is 1. The number of aromatic nitrogens is 1. The van der Waals surface area contributed by atoms with Gasteiger partial charge >= 0.3 is 0 Å². The third-order valence-electron chi connectivity index (χ3n) is 7.35. The predicted molar refractivity (Wildman–Crippen MR) is 142 cm³/mol. The van der Waals surface area contributed by atoms with Gasteiger partial charge in [-0.15, -0.1) is 0 Å². The van der Waals surface area contributed by atoms with Gasteiger partial charge in [0.2, 0.25) is 0 Å². The van der Waals surface area contributed by atoms with Gasteiger partial charge in [0, 0.05) is 68.8 Å². The van der Waals surface area contributed by atoms with E-state index in [1.165, 1.54) is 0 Å². The minimum atomic E-state index is -0.125. The van der Waals surface area contributed by atoms with Crippen LogP contribution >= 0.6 is 0 Å². The number of pyridine rings is 1. The van der Waals surface area contributed by atoms with Crippen molar-refractivity contribution in [2.75, 3.05) is 38.6 Å². The quantitative estimate of drug-likeness (QED) is 0.661. The number of aryl methyl sites for hydroxylation is 2. The molecule has 1 amide bonds. The highest BCUT2D eigenvalue weighted by Crippen LogP contribution is 2.30. The zero-order chi connectivity index (χ0) is 24.9. The van der Waals surface area contributed by atoms with Crippen LogP contribution in [0.3, 0.4) is 0 Å². The monoisotopic (exact) mass is 477 g/mol. The standard InChI is InChI=1S/C28H39N5O2/c1-5-33(22-14-16-32(17-15-22)31(3)4)26-13-9-12-24-23(26)11-8-6-7-10-21-18-20(2)30-28(35)25(21)19-29-27(24)34/h6,8-9,12-13,18,22H,5,7,10-11,14-17,19H2,1-4H3,(H,29,34)(H,30,35)/b8-6+. The van der Waals surface area contributed by atoms with E-state index in [1.54, 1.807) is 0 Å². The summed E-state index contributed by atoms with van der Waals surface area (Å²) in [7, 11) is 4.21. The molecule has 3 heterocycles. The first-order valence-electron chi connectivity index (χ1n) is 12.8. The number of hydrazine groups is 1. The van der Waals surface area contributed by atoms with Crippen molar-refractivity contribution < 1.29 is 4.79 Å². The molecule has 7 heteroatoms. The van der Waals surface area contributed by atoms with E-state index in [-0.39, 0.29) is 18.0 Å². The van der Waals surface area contributed by atoms with E-state index in [9.17, 15) is 9.59 Å². The molecule has 1 fully saturated rings. The fourth-order valence-corrected chi connectivity index (χ4v) is 5.48. The Morgan fingerprint density at radius 3 is 2.57 bits per heavy atom. The van der Waals surface area contributed by atoms with Crippen LogP contribution in [0.5, 0.6) is 0 Å². The van der Waals surface area contributed by atoms with Crippen LogP contribution in [0.1, 0.15) is 58.9 Å². The van der Waals surface area contributed by atoms with Gasteiger partial charge < -0.3 is 15.2 Å². The molecule has 0 spiro atoms. The van der Waals surface area contributed by atoms with Crippen molar-refractivity contribution in [2.45, 2.75) is 58.5 Å². The van der Waals surface area contributed by atoms with Crippen LogP contribution in [0.2, 0.25) is 0 Å². The smallest absolute Gasteiger partial charge is 0.253 e. The van der Waals surface area contributed by atoms with Crippen molar-refractivity contribution in [3.8, 4) is 0 Å². The average Bonchev–Trinajstić information content (AvgIpc) is 2.83. The Morgan fingerprint density at radius 1 is 1.09 bits per heavy atom. The van der Waals surface area contributed by atoms with Gasteiger partial charge in [-0.3, -0.25) is 9.59 Å². The summed E-state index contributed by atoms with van der Waals surface area (Å²) in [4.78, 5) is 31.4. The molecule has 2 aliphatic heterocycles. The number of rotatable bonds is 4. The molecule has 1 aromatic carbocycles. The van der Waals surface area contributed by atoms with Gasteiger partial charge in [0.25, 0.3) is 11.5 Å². The number of hydrogen-bond donors (Lipinski definition) is 2. The number of hydrogen-bond acceptors (Lipinski definition) is 5. The zero-order valence-corrected chi connectivity index (χ0v) is 21.6. The summed E-state index contributed by atoms with van der Waals surface area (Å²) in [5.41, 5.74) is 5.31. The Hall–Kier alpha value is -2.90. The summed E-state index contributed by atoms with van der Waals surface area (Å²) < 4.78 is 0. The van der Waals surface area contributed by atoms with Gasteiger partial charge in [-0.1, -0.05) is 18.2 Å². The third-order valence-corrected chi connectivity index (χ3v) is 7.35. The maximum absolute atomic E-state index is 13.4. The fourth-order valence-electron chi connectivity index (χ4n) is 5.48. The molecule has 0 atom stereocenters. The van der Waals surface area contributed by atoms with Crippen LogP contribution in [-0.4, -0.2) is 60.7 Å². The normalized spacial score (nSPS) is 18.7. The summed E-state index contributed by atoms with van der Waals surface area (Å²) >= 11 is 0. The first-order chi connectivity index (χ1) is 16.9. The van der Waals surface area contributed by atoms with Crippen LogP contribution in [0.15, 0.2) is 41.2 Å². The molecule has 2 N–H and O–H groups in total. The Kier molecular flexibility index (Phi) is 8.08. The van der Waals surface area contributed by atoms with Crippen molar-refractivity contribution >= 4 is 11.6 Å². The lowest BCUT2D eigenvalue weighted by atomic mass is 9.96. The van der Waals surface area contributed by atoms with E-state index in [1.807, 2.05) is 25.1 Å². The Morgan fingerprint density at radius 2 is 1.86 bits per heavy atom. The number of fused-ring (bicyclic) bond motifs is 2. The number of nitrogens with zero attached hydrogens (tertiary/aromatic N) is 3. The summed E-state index contributed by atoms with van der Waals surface area (Å²) in [6, 6.07) is 8.54. The second kappa shape index (κ2) is 11.2. The number of piperidine rings is 1. The summed E-state index contributed by atoms with van der Waals surface area (Å²) in [6.07, 6.45) is 8.92. The lowest BCUT2D eigenvalue weighted by molar-refractivity contribution is 0.00235. The van der Waals surface area contributed by atoms with Crippen LogP contribution in [0, 0.1) is 6.92 Å². The van der Waals surface area contributed by atoms with Crippen molar-refractivity contribution in [1.82, 2.24) is 20.3 Å². The highest BCUT2D eigenvalue weighted by atomic mass is 16.1. The number of amides is 1. The maximum atomic E-state index is 13.4. The molecule has 4 rings (SSSR count). The van der Waals surface area contributed by atoms with E-state index in [0.717, 1.165) is 67.8 Å². The highest BCUT2D eigenvalue weighted by molar-refractivity contribution is 5.97. The van der Waals surface area contributed by atoms with Gasteiger partial charge in [-0.25, -0.2) is 10.0 Å². The number of nitrogens with one attached hydrogen (secondary N) is 2. The van der Waals surface area contributed by atoms with E-state index in [0.29, 0.717) is 23.6 Å². The van der Waals surface area contributed by atoms with E-state index in [4.69, 9.17) is 0 Å². The summed E-state index contributed by atoms with van der Waals surface area (Å²) in [5.74, 6) is -0.125. The van der Waals surface area contributed by atoms with Gasteiger partial charge in [-0.05, 0) is 75.3 Å². The Labute approximate surface area is 208 Å². The number of carbonyl (C=O) groups is 1. The maximum Gasteiger partial charge on any atom is 0.253 e. The van der Waals surface area contributed by atoms with Crippen molar-refractivity contribution in [2.24, 2.45) is 0 Å². The molecule has 0 bridgehead atoms. The zero-order valence-electron chi connectivity index (χ0n) is 21.6. The van der Waals surface area contributed by atoms with Crippen LogP contribution in [0.4, 0.5) is 5.69 Å². The van der Waals surface area contributed by atoms with Crippen LogP contribution in [0.25, 0.3) is 0 Å². The predicted octanol–water partition coefficient (Wildman–Crippen LogP) is 3.43. The molecule has 35 heavy (non-hydrogen) atoms. The van der Waals surface area contributed by atoms with E-state index < -0.39 is 0 Å². The van der Waals surface area contributed by atoms with Crippen LogP contribution < -0.4 is 15.8 Å². The molecule has 1 aromatic heterocycles. The molecule has 0 aliphatic carbocycles. The second-order valence-corrected chi connectivity index (χ2v) is 9.80. The van der Waals surface area contributed by atoms with Gasteiger partial charge in [0.1, 0.15) is 0 Å². The molecular weight excluding hydrogens is 438 g/mol. The van der Waals surface area contributed by atoms with Crippen LogP contribution in [-0.2, 0) is 19.4 Å². The van der Waals surface area contributed by atoms with E-state index >= 15 is 0 Å². The Bertz CT molecular complexity index is 1130. The number of benzene rings is 1. The molecule has 0 saturated carbocycles. The molecule has 7 nitrogen and oxygen atoms in total. The molecule has 188 valence electrons. The summed E-state index contributed by atoms with van der Waals surface area (Å²) in [5, 5.41) is 7.61. The molecule has 0 radical (unpaired) electrons. The van der Waals surface area contributed by atoms with E-state index in [2.05, 4.69) is 64.5 Å². The SMILES string of the molecule is CCN(c1cccc2c1C/C=C/CCc1cc(C)[nH]c(=O)c1CNC2=O)C1CCN(N(C)C)CC1. The third kappa shape index (κ3) is 5.68. The first kappa shape index (κ1) is 25.2. The van der Waals surface area contributed by atoms with Crippen molar-refractivity contribution in [3.05, 3.63) is 74.7 Å². The topological polar surface area (TPSA) is 71.7 Å². The summed E-state index contributed by atoms with van der Waals surface area (Å²) in [6.45, 7) is 7.31. The highest BCUT2D eigenvalue weighted by Gasteiger charge is 2.27. The molecular formula is C28H39N5O2. The number of carbonyl (C=O) groups excluding carboxylic acids is 1. The average molecular weight is 478 g/mol. The lowest BCUT2D eigenvalue weighted by Crippen LogP contribution is -2.49.